The summed E-state index contributed by atoms with van der Waals surface area (Å²) in [6, 6.07) is 8.82. The van der Waals surface area contributed by atoms with Crippen LogP contribution in [0.5, 0.6) is 0 Å². The van der Waals surface area contributed by atoms with Gasteiger partial charge in [-0.1, -0.05) is 24.3 Å². The van der Waals surface area contributed by atoms with Gasteiger partial charge in [0.25, 0.3) is 0 Å². The molecule has 0 bridgehead atoms. The fourth-order valence-electron chi connectivity index (χ4n) is 3.51. The van der Waals surface area contributed by atoms with E-state index >= 15 is 0 Å². The van der Waals surface area contributed by atoms with E-state index in [0.717, 1.165) is 31.2 Å². The van der Waals surface area contributed by atoms with E-state index in [1.165, 1.54) is 22.4 Å². The van der Waals surface area contributed by atoms with E-state index in [4.69, 9.17) is 0 Å². The summed E-state index contributed by atoms with van der Waals surface area (Å²) in [5, 5.41) is 11.4. The highest BCUT2D eigenvalue weighted by Crippen LogP contribution is 2.14. The van der Waals surface area contributed by atoms with Crippen LogP contribution in [0.4, 0.5) is 0 Å². The quantitative estimate of drug-likeness (QED) is 0.478. The minimum absolute atomic E-state index is 0.246. The van der Waals surface area contributed by atoms with E-state index in [9.17, 15) is 0 Å². The number of aliphatic imine (C=N–C) groups is 1. The van der Waals surface area contributed by atoms with Crippen molar-refractivity contribution >= 4 is 5.96 Å². The van der Waals surface area contributed by atoms with Crippen molar-refractivity contribution in [2.24, 2.45) is 12.0 Å². The van der Waals surface area contributed by atoms with Gasteiger partial charge in [0.05, 0.1) is 12.0 Å². The zero-order chi connectivity index (χ0) is 20.8. The lowest BCUT2D eigenvalue weighted by Gasteiger charge is -2.18. The molecule has 1 unspecified atom stereocenters. The highest BCUT2D eigenvalue weighted by molar-refractivity contribution is 5.79. The number of rotatable bonds is 7. The van der Waals surface area contributed by atoms with Crippen molar-refractivity contribution in [1.82, 2.24) is 30.0 Å². The first-order valence-corrected chi connectivity index (χ1v) is 9.96. The monoisotopic (exact) mass is 393 g/mol. The van der Waals surface area contributed by atoms with Crippen LogP contribution in [-0.4, -0.2) is 38.4 Å². The molecule has 0 amide bonds. The van der Waals surface area contributed by atoms with Crippen LogP contribution in [-0.2, 0) is 26.6 Å². The maximum atomic E-state index is 4.51. The average Bonchev–Trinajstić information content (AvgIpc) is 3.29. The zero-order valence-electron chi connectivity index (χ0n) is 18.0. The molecule has 7 heteroatoms. The average molecular weight is 394 g/mol. The Morgan fingerprint density at radius 3 is 2.69 bits per heavy atom. The standard InChI is InChI=1S/C22H31N7/c1-16(11-21-17(2)27-28(5)18(21)3)26-22(23-4)25-13-19-7-6-8-20(12-19)14-29-10-9-24-15-29/h6-10,12,15-16H,11,13-14H2,1-5H3,(H2,23,25,26). The summed E-state index contributed by atoms with van der Waals surface area (Å²) in [6.45, 7) is 7.89. The molecule has 1 atom stereocenters. The molecule has 0 saturated carbocycles. The number of benzene rings is 1. The topological polar surface area (TPSA) is 72.1 Å². The molecule has 2 aromatic heterocycles. The molecular formula is C22H31N7. The van der Waals surface area contributed by atoms with E-state index in [1.807, 2.05) is 24.3 Å². The zero-order valence-corrected chi connectivity index (χ0v) is 18.0. The van der Waals surface area contributed by atoms with Crippen molar-refractivity contribution in [1.29, 1.82) is 0 Å². The maximum Gasteiger partial charge on any atom is 0.191 e. The van der Waals surface area contributed by atoms with Gasteiger partial charge in [0.1, 0.15) is 0 Å². The minimum atomic E-state index is 0.246. The summed E-state index contributed by atoms with van der Waals surface area (Å²) in [6.07, 6.45) is 6.52. The van der Waals surface area contributed by atoms with E-state index in [0.29, 0.717) is 0 Å². The number of guanidine groups is 1. The molecule has 0 aliphatic heterocycles. The molecule has 0 saturated heterocycles. The molecule has 0 radical (unpaired) electrons. The van der Waals surface area contributed by atoms with Crippen LogP contribution >= 0.6 is 0 Å². The normalized spacial score (nSPS) is 12.8. The van der Waals surface area contributed by atoms with E-state index in [1.54, 1.807) is 13.2 Å². The summed E-state index contributed by atoms with van der Waals surface area (Å²) in [7, 11) is 3.80. The summed E-state index contributed by atoms with van der Waals surface area (Å²) in [5.74, 6) is 0.803. The van der Waals surface area contributed by atoms with Gasteiger partial charge in [-0.25, -0.2) is 4.98 Å². The molecule has 3 aromatic rings. The van der Waals surface area contributed by atoms with Gasteiger partial charge in [0.15, 0.2) is 5.96 Å². The fourth-order valence-corrected chi connectivity index (χ4v) is 3.51. The third kappa shape index (κ3) is 5.47. The number of aryl methyl sites for hydroxylation is 2. The molecule has 154 valence electrons. The molecule has 3 rings (SSSR count). The lowest BCUT2D eigenvalue weighted by atomic mass is 10.1. The van der Waals surface area contributed by atoms with Gasteiger partial charge in [0.2, 0.25) is 0 Å². The van der Waals surface area contributed by atoms with Crippen LogP contribution < -0.4 is 10.6 Å². The fraction of sp³-hybridized carbons (Fsp3) is 0.409. The van der Waals surface area contributed by atoms with Crippen LogP contribution in [0.25, 0.3) is 0 Å². The highest BCUT2D eigenvalue weighted by atomic mass is 15.3. The van der Waals surface area contributed by atoms with Crippen LogP contribution in [0.3, 0.4) is 0 Å². The first-order valence-electron chi connectivity index (χ1n) is 9.96. The van der Waals surface area contributed by atoms with Crippen molar-refractivity contribution in [3.63, 3.8) is 0 Å². The second-order valence-corrected chi connectivity index (χ2v) is 7.50. The Labute approximate surface area is 172 Å². The smallest absolute Gasteiger partial charge is 0.191 e. The third-order valence-corrected chi connectivity index (χ3v) is 5.15. The van der Waals surface area contributed by atoms with Gasteiger partial charge >= 0.3 is 0 Å². The van der Waals surface area contributed by atoms with Crippen molar-refractivity contribution in [2.75, 3.05) is 7.05 Å². The van der Waals surface area contributed by atoms with Gasteiger partial charge in [0, 0.05) is 51.3 Å². The lowest BCUT2D eigenvalue weighted by molar-refractivity contribution is 0.635. The predicted octanol–water partition coefficient (Wildman–Crippen LogP) is 2.58. The van der Waals surface area contributed by atoms with Crippen LogP contribution in [0.2, 0.25) is 0 Å². The molecular weight excluding hydrogens is 362 g/mol. The van der Waals surface area contributed by atoms with Crippen LogP contribution in [0.15, 0.2) is 48.0 Å². The second kappa shape index (κ2) is 9.41. The van der Waals surface area contributed by atoms with Gasteiger partial charge in [-0.15, -0.1) is 0 Å². The van der Waals surface area contributed by atoms with Gasteiger partial charge < -0.3 is 15.2 Å². The Balaban J connectivity index is 1.55. The van der Waals surface area contributed by atoms with E-state index in [-0.39, 0.29) is 6.04 Å². The van der Waals surface area contributed by atoms with Crippen molar-refractivity contribution in [2.45, 2.75) is 46.3 Å². The Morgan fingerprint density at radius 1 is 1.24 bits per heavy atom. The van der Waals surface area contributed by atoms with Crippen molar-refractivity contribution in [3.05, 3.63) is 71.1 Å². The Morgan fingerprint density at radius 2 is 2.03 bits per heavy atom. The largest absolute Gasteiger partial charge is 0.354 e. The summed E-state index contributed by atoms with van der Waals surface area (Å²) >= 11 is 0. The third-order valence-electron chi connectivity index (χ3n) is 5.15. The highest BCUT2D eigenvalue weighted by Gasteiger charge is 2.14. The molecule has 7 nitrogen and oxygen atoms in total. The summed E-state index contributed by atoms with van der Waals surface area (Å²) in [4.78, 5) is 8.48. The Hall–Kier alpha value is -3.09. The molecule has 2 heterocycles. The molecule has 0 fully saturated rings. The summed E-state index contributed by atoms with van der Waals surface area (Å²) in [5.41, 5.74) is 6.08. The van der Waals surface area contributed by atoms with E-state index < -0.39 is 0 Å². The maximum absolute atomic E-state index is 4.51. The molecule has 0 aliphatic rings. The molecule has 1 aromatic carbocycles. The first kappa shape index (κ1) is 20.6. The van der Waals surface area contributed by atoms with E-state index in [2.05, 4.69) is 75.3 Å². The molecule has 2 N–H and O–H groups in total. The number of imidazole rings is 1. The van der Waals surface area contributed by atoms with Gasteiger partial charge in [-0.3, -0.25) is 9.67 Å². The summed E-state index contributed by atoms with van der Waals surface area (Å²) < 4.78 is 4.01. The minimum Gasteiger partial charge on any atom is -0.354 e. The SMILES string of the molecule is CN=C(NCc1cccc(Cn2ccnc2)c1)NC(C)Cc1c(C)nn(C)c1C. The lowest BCUT2D eigenvalue weighted by Crippen LogP contribution is -2.42. The number of nitrogens with zero attached hydrogens (tertiary/aromatic N) is 5. The molecule has 0 aliphatic carbocycles. The number of hydrogen-bond acceptors (Lipinski definition) is 3. The molecule has 0 spiro atoms. The van der Waals surface area contributed by atoms with Crippen LogP contribution in [0, 0.1) is 13.8 Å². The second-order valence-electron chi connectivity index (χ2n) is 7.50. The number of hydrogen-bond donors (Lipinski definition) is 2. The van der Waals surface area contributed by atoms with Crippen LogP contribution in [0.1, 0.15) is 35.0 Å². The predicted molar refractivity (Wildman–Crippen MR) is 117 cm³/mol. The van der Waals surface area contributed by atoms with Crippen molar-refractivity contribution in [3.8, 4) is 0 Å². The number of nitrogens with one attached hydrogen (secondary N) is 2. The van der Waals surface area contributed by atoms with Crippen molar-refractivity contribution < 1.29 is 0 Å². The Bertz CT molecular complexity index is 954. The first-order chi connectivity index (χ1) is 14.0. The Kier molecular flexibility index (Phi) is 6.69. The number of aromatic nitrogens is 4. The van der Waals surface area contributed by atoms with Gasteiger partial charge in [-0.2, -0.15) is 5.10 Å². The van der Waals surface area contributed by atoms with Gasteiger partial charge in [-0.05, 0) is 43.9 Å². The molecule has 29 heavy (non-hydrogen) atoms.